The Morgan fingerprint density at radius 1 is 1.21 bits per heavy atom. The summed E-state index contributed by atoms with van der Waals surface area (Å²) in [7, 11) is -3.14. The molecule has 112 valence electrons. The average Bonchev–Trinajstić information content (AvgIpc) is 2.34. The Kier molecular flexibility index (Phi) is 6.22. The van der Waals surface area contributed by atoms with Crippen molar-refractivity contribution in [2.24, 2.45) is 5.92 Å². The maximum atomic E-state index is 12.1. The van der Waals surface area contributed by atoms with Gasteiger partial charge in [0.2, 0.25) is 10.0 Å². The van der Waals surface area contributed by atoms with E-state index in [-0.39, 0.29) is 12.2 Å². The molecule has 0 bridgehead atoms. The fourth-order valence-corrected chi connectivity index (χ4v) is 3.75. The first-order valence-corrected chi connectivity index (χ1v) is 8.34. The molecule has 6 nitrogen and oxygen atoms in total. The van der Waals surface area contributed by atoms with Crippen LogP contribution in [-0.2, 0) is 14.8 Å². The van der Waals surface area contributed by atoms with Gasteiger partial charge in [0.1, 0.15) is 0 Å². The predicted octanol–water partition coefficient (Wildman–Crippen LogP) is 0.455. The lowest BCUT2D eigenvalue weighted by Crippen LogP contribution is -2.49. The number of carboxylic acids is 1. The highest BCUT2D eigenvalue weighted by atomic mass is 32.2. The maximum absolute atomic E-state index is 12.1. The Morgan fingerprint density at radius 3 is 2.26 bits per heavy atom. The quantitative estimate of drug-likeness (QED) is 0.737. The topological polar surface area (TPSA) is 77.9 Å². The van der Waals surface area contributed by atoms with Gasteiger partial charge in [-0.2, -0.15) is 4.31 Å². The van der Waals surface area contributed by atoms with Crippen molar-refractivity contribution in [3.05, 3.63) is 0 Å². The zero-order chi connectivity index (χ0) is 14.5. The molecule has 1 N–H and O–H groups in total. The van der Waals surface area contributed by atoms with Gasteiger partial charge in [0, 0.05) is 32.7 Å². The van der Waals surface area contributed by atoms with Crippen LogP contribution in [0.3, 0.4) is 0 Å². The van der Waals surface area contributed by atoms with Crippen LogP contribution in [0.1, 0.15) is 26.7 Å². The zero-order valence-corrected chi connectivity index (χ0v) is 12.5. The van der Waals surface area contributed by atoms with Crippen LogP contribution in [-0.4, -0.2) is 67.2 Å². The van der Waals surface area contributed by atoms with Crippen LogP contribution in [0.5, 0.6) is 0 Å². The molecule has 0 aromatic carbocycles. The first-order valence-electron chi connectivity index (χ1n) is 6.73. The second-order valence-electron chi connectivity index (χ2n) is 5.38. The van der Waals surface area contributed by atoms with Crippen molar-refractivity contribution in [3.8, 4) is 0 Å². The number of sulfonamides is 1. The van der Waals surface area contributed by atoms with Crippen LogP contribution in [0.2, 0.25) is 0 Å². The second-order valence-corrected chi connectivity index (χ2v) is 7.47. The minimum absolute atomic E-state index is 0.111. The van der Waals surface area contributed by atoms with E-state index >= 15 is 0 Å². The lowest BCUT2D eigenvalue weighted by atomic mass is 10.2. The molecule has 0 aromatic heterocycles. The summed E-state index contributed by atoms with van der Waals surface area (Å²) in [6, 6.07) is 0. The van der Waals surface area contributed by atoms with E-state index in [1.54, 1.807) is 0 Å². The van der Waals surface area contributed by atoms with Gasteiger partial charge in [0.25, 0.3) is 0 Å². The fourth-order valence-electron chi connectivity index (χ4n) is 2.00. The van der Waals surface area contributed by atoms with Crippen LogP contribution >= 0.6 is 0 Å². The summed E-state index contributed by atoms with van der Waals surface area (Å²) in [5.41, 5.74) is 0. The van der Waals surface area contributed by atoms with Crippen molar-refractivity contribution in [2.45, 2.75) is 26.7 Å². The van der Waals surface area contributed by atoms with Crippen molar-refractivity contribution in [1.29, 1.82) is 0 Å². The number of rotatable bonds is 7. The molecule has 0 radical (unpaired) electrons. The number of nitrogens with zero attached hydrogens (tertiary/aromatic N) is 2. The lowest BCUT2D eigenvalue weighted by Gasteiger charge is -2.33. The van der Waals surface area contributed by atoms with E-state index < -0.39 is 16.0 Å². The SMILES string of the molecule is CC(C)CCS(=O)(=O)N1CCN(CCC(=O)O)CC1. The molecule has 1 heterocycles. The van der Waals surface area contributed by atoms with Gasteiger partial charge in [0.05, 0.1) is 12.2 Å². The van der Waals surface area contributed by atoms with Gasteiger partial charge in [-0.3, -0.25) is 4.79 Å². The normalized spacial score (nSPS) is 18.9. The van der Waals surface area contributed by atoms with E-state index in [0.717, 1.165) is 0 Å². The number of carboxylic acid groups (broad SMARTS) is 1. The van der Waals surface area contributed by atoms with Crippen LogP contribution in [0.25, 0.3) is 0 Å². The molecule has 1 fully saturated rings. The van der Waals surface area contributed by atoms with Gasteiger partial charge in [-0.05, 0) is 12.3 Å². The maximum Gasteiger partial charge on any atom is 0.304 e. The minimum Gasteiger partial charge on any atom is -0.481 e. The van der Waals surface area contributed by atoms with E-state index in [1.165, 1.54) is 4.31 Å². The van der Waals surface area contributed by atoms with Crippen molar-refractivity contribution >= 4 is 16.0 Å². The first kappa shape index (κ1) is 16.4. The first-order chi connectivity index (χ1) is 8.81. The Bertz CT molecular complexity index is 387. The molecular formula is C12H24N2O4S. The molecule has 1 aliphatic rings. The Labute approximate surface area is 115 Å². The van der Waals surface area contributed by atoms with Crippen LogP contribution in [0.15, 0.2) is 0 Å². The molecule has 1 rings (SSSR count). The number of aliphatic carboxylic acids is 1. The second kappa shape index (κ2) is 7.21. The molecule has 0 unspecified atom stereocenters. The molecule has 0 aromatic rings. The van der Waals surface area contributed by atoms with Crippen molar-refractivity contribution < 1.29 is 18.3 Å². The highest BCUT2D eigenvalue weighted by Crippen LogP contribution is 2.11. The summed E-state index contributed by atoms with van der Waals surface area (Å²) in [5.74, 6) is -0.224. The average molecular weight is 292 g/mol. The molecule has 7 heteroatoms. The number of carbonyl (C=O) groups is 1. The molecule has 0 aliphatic carbocycles. The van der Waals surface area contributed by atoms with Crippen LogP contribution < -0.4 is 0 Å². The summed E-state index contributed by atoms with van der Waals surface area (Å²) in [6.45, 7) is 6.70. The number of hydrogen-bond acceptors (Lipinski definition) is 4. The molecule has 1 aliphatic heterocycles. The van der Waals surface area contributed by atoms with Gasteiger partial charge in [-0.15, -0.1) is 0 Å². The summed E-state index contributed by atoms with van der Waals surface area (Å²) >= 11 is 0. The van der Waals surface area contributed by atoms with Gasteiger partial charge in [-0.25, -0.2) is 8.42 Å². The van der Waals surface area contributed by atoms with Gasteiger partial charge < -0.3 is 10.0 Å². The largest absolute Gasteiger partial charge is 0.481 e. The van der Waals surface area contributed by atoms with E-state index in [9.17, 15) is 13.2 Å². The van der Waals surface area contributed by atoms with E-state index in [2.05, 4.69) is 0 Å². The summed E-state index contributed by atoms with van der Waals surface area (Å²) < 4.78 is 25.7. The van der Waals surface area contributed by atoms with Crippen molar-refractivity contribution in [1.82, 2.24) is 9.21 Å². The van der Waals surface area contributed by atoms with Crippen LogP contribution in [0.4, 0.5) is 0 Å². The summed E-state index contributed by atoms with van der Waals surface area (Å²) in [5, 5.41) is 8.61. The predicted molar refractivity (Wildman–Crippen MR) is 73.5 cm³/mol. The minimum atomic E-state index is -3.14. The lowest BCUT2D eigenvalue weighted by molar-refractivity contribution is -0.137. The molecule has 0 saturated carbocycles. The van der Waals surface area contributed by atoms with Crippen molar-refractivity contribution in [3.63, 3.8) is 0 Å². The molecule has 19 heavy (non-hydrogen) atoms. The third-order valence-electron chi connectivity index (χ3n) is 3.32. The smallest absolute Gasteiger partial charge is 0.304 e. The molecular weight excluding hydrogens is 268 g/mol. The van der Waals surface area contributed by atoms with E-state index in [4.69, 9.17) is 5.11 Å². The monoisotopic (exact) mass is 292 g/mol. The molecule has 1 saturated heterocycles. The zero-order valence-electron chi connectivity index (χ0n) is 11.7. The molecule has 0 atom stereocenters. The highest BCUT2D eigenvalue weighted by Gasteiger charge is 2.26. The molecule has 0 amide bonds. The van der Waals surface area contributed by atoms with E-state index in [0.29, 0.717) is 45.1 Å². The summed E-state index contributed by atoms with van der Waals surface area (Å²) in [4.78, 5) is 12.5. The molecule has 0 spiro atoms. The third kappa shape index (κ3) is 5.88. The summed E-state index contributed by atoms with van der Waals surface area (Å²) in [6.07, 6.45) is 0.793. The Balaban J connectivity index is 2.38. The highest BCUT2D eigenvalue weighted by molar-refractivity contribution is 7.89. The van der Waals surface area contributed by atoms with Gasteiger partial charge >= 0.3 is 5.97 Å². The third-order valence-corrected chi connectivity index (χ3v) is 5.22. The standard InChI is InChI=1S/C12H24N2O4S/c1-11(2)4-10-19(17,18)14-8-6-13(7-9-14)5-3-12(15)16/h11H,3-10H2,1-2H3,(H,15,16). The number of hydrogen-bond donors (Lipinski definition) is 1. The fraction of sp³-hybridized carbons (Fsp3) is 0.917. The van der Waals surface area contributed by atoms with E-state index in [1.807, 2.05) is 18.7 Å². The Morgan fingerprint density at radius 2 is 1.79 bits per heavy atom. The van der Waals surface area contributed by atoms with Gasteiger partial charge in [0.15, 0.2) is 0 Å². The Hall–Kier alpha value is -0.660. The van der Waals surface area contributed by atoms with Crippen LogP contribution in [0, 0.1) is 5.92 Å². The number of piperazine rings is 1. The van der Waals surface area contributed by atoms with Crippen molar-refractivity contribution in [2.75, 3.05) is 38.5 Å². The van der Waals surface area contributed by atoms with Gasteiger partial charge in [-0.1, -0.05) is 13.8 Å².